The van der Waals surface area contributed by atoms with Crippen molar-refractivity contribution in [3.8, 4) is 11.8 Å². The molecule has 0 aromatic heterocycles. The average Bonchev–Trinajstić information content (AvgIpc) is 2.32. The Balaban J connectivity index is 3.04. The number of nitrogen functional groups attached to an aromatic ring is 1. The van der Waals surface area contributed by atoms with Gasteiger partial charge in [0.2, 0.25) is 0 Å². The van der Waals surface area contributed by atoms with Crippen LogP contribution in [0.2, 0.25) is 0 Å². The zero-order chi connectivity index (χ0) is 13.7. The van der Waals surface area contributed by atoms with Crippen LogP contribution in [0.3, 0.4) is 0 Å². The summed E-state index contributed by atoms with van der Waals surface area (Å²) in [6, 6.07) is 2.92. The van der Waals surface area contributed by atoms with Gasteiger partial charge in [-0.2, -0.15) is 0 Å². The Kier molecular flexibility index (Phi) is 4.27. The zero-order valence-electron chi connectivity index (χ0n) is 10.0. The molecular weight excluding hydrogens is 236 g/mol. The molecule has 0 bridgehead atoms. The molecule has 0 unspecified atom stereocenters. The van der Waals surface area contributed by atoms with Crippen LogP contribution in [0.4, 0.5) is 11.4 Å². The topological polar surface area (TPSA) is 95.5 Å². The number of anilines is 1. The quantitative estimate of drug-likeness (QED) is 0.280. The lowest BCUT2D eigenvalue weighted by Gasteiger charge is -2.02. The van der Waals surface area contributed by atoms with Crippen molar-refractivity contribution in [2.24, 2.45) is 0 Å². The van der Waals surface area contributed by atoms with Crippen molar-refractivity contribution in [1.82, 2.24) is 0 Å². The molecule has 0 spiro atoms. The lowest BCUT2D eigenvalue weighted by atomic mass is 10.1. The van der Waals surface area contributed by atoms with E-state index in [2.05, 4.69) is 16.6 Å². The predicted molar refractivity (Wildman–Crippen MR) is 65.8 cm³/mol. The van der Waals surface area contributed by atoms with E-state index in [-0.39, 0.29) is 17.8 Å². The Morgan fingerprint density at radius 3 is 2.78 bits per heavy atom. The van der Waals surface area contributed by atoms with Crippen LogP contribution in [0, 0.1) is 28.9 Å². The molecule has 0 atom stereocenters. The molecule has 1 aromatic rings. The first-order chi connectivity index (χ1) is 8.45. The molecule has 0 heterocycles. The Labute approximate surface area is 104 Å². The van der Waals surface area contributed by atoms with E-state index >= 15 is 0 Å². The SMILES string of the molecule is COC(=O)CC#Cc1cc(C)c(N)c([N+](=O)[O-])c1. The maximum atomic E-state index is 10.8. The number of ether oxygens (including phenoxy) is 1. The van der Waals surface area contributed by atoms with Gasteiger partial charge in [0.1, 0.15) is 12.1 Å². The molecular formula is C12H12N2O4. The van der Waals surface area contributed by atoms with Crippen molar-refractivity contribution in [3.05, 3.63) is 33.4 Å². The third-order valence-electron chi connectivity index (χ3n) is 2.25. The number of aryl methyl sites for hydroxylation is 1. The minimum absolute atomic E-state index is 0.0618. The van der Waals surface area contributed by atoms with Crippen molar-refractivity contribution in [2.45, 2.75) is 13.3 Å². The fourth-order valence-electron chi connectivity index (χ4n) is 1.29. The third-order valence-corrected chi connectivity index (χ3v) is 2.25. The molecule has 0 aliphatic heterocycles. The van der Waals surface area contributed by atoms with Gasteiger partial charge in [0, 0.05) is 11.6 Å². The molecule has 0 aliphatic rings. The highest BCUT2D eigenvalue weighted by Gasteiger charge is 2.14. The molecule has 6 nitrogen and oxygen atoms in total. The third kappa shape index (κ3) is 3.22. The van der Waals surface area contributed by atoms with Gasteiger partial charge in [0.15, 0.2) is 0 Å². The van der Waals surface area contributed by atoms with Crippen LogP contribution in [0.1, 0.15) is 17.5 Å². The largest absolute Gasteiger partial charge is 0.468 e. The van der Waals surface area contributed by atoms with Gasteiger partial charge in [-0.15, -0.1) is 0 Å². The molecule has 0 fully saturated rings. The van der Waals surface area contributed by atoms with Crippen LogP contribution < -0.4 is 5.73 Å². The first kappa shape index (κ1) is 13.5. The second kappa shape index (κ2) is 5.68. The maximum Gasteiger partial charge on any atom is 0.317 e. The van der Waals surface area contributed by atoms with E-state index in [1.165, 1.54) is 13.2 Å². The standard InChI is InChI=1S/C12H12N2O4/c1-8-6-9(4-3-5-11(15)18-2)7-10(12(8)13)14(16)17/h6-7H,5,13H2,1-2H3. The summed E-state index contributed by atoms with van der Waals surface area (Å²) < 4.78 is 4.42. The van der Waals surface area contributed by atoms with Crippen LogP contribution in [0.5, 0.6) is 0 Å². The zero-order valence-corrected chi connectivity index (χ0v) is 10.0. The number of nitrogens with zero attached hydrogens (tertiary/aromatic N) is 1. The summed E-state index contributed by atoms with van der Waals surface area (Å²) in [5, 5.41) is 10.8. The first-order valence-electron chi connectivity index (χ1n) is 5.06. The van der Waals surface area contributed by atoms with Crippen molar-refractivity contribution in [3.63, 3.8) is 0 Å². The highest BCUT2D eigenvalue weighted by Crippen LogP contribution is 2.26. The highest BCUT2D eigenvalue weighted by atomic mass is 16.6. The van der Waals surface area contributed by atoms with Crippen molar-refractivity contribution in [1.29, 1.82) is 0 Å². The number of methoxy groups -OCH3 is 1. The van der Waals surface area contributed by atoms with Gasteiger partial charge in [0.05, 0.1) is 12.0 Å². The lowest BCUT2D eigenvalue weighted by molar-refractivity contribution is -0.383. The van der Waals surface area contributed by atoms with E-state index in [0.29, 0.717) is 11.1 Å². The van der Waals surface area contributed by atoms with E-state index in [9.17, 15) is 14.9 Å². The number of hydrogen-bond donors (Lipinski definition) is 1. The number of nitrogens with two attached hydrogens (primary N) is 1. The summed E-state index contributed by atoms with van der Waals surface area (Å²) in [5.74, 6) is 4.79. The molecule has 0 saturated heterocycles. The molecule has 18 heavy (non-hydrogen) atoms. The van der Waals surface area contributed by atoms with Crippen molar-refractivity contribution in [2.75, 3.05) is 12.8 Å². The molecule has 0 amide bonds. The molecule has 6 heteroatoms. The van der Waals surface area contributed by atoms with Crippen LogP contribution in [-0.2, 0) is 9.53 Å². The van der Waals surface area contributed by atoms with Crippen LogP contribution in [-0.4, -0.2) is 18.0 Å². The Hall–Kier alpha value is -2.55. The number of esters is 1. The monoisotopic (exact) mass is 248 g/mol. The van der Waals surface area contributed by atoms with Gasteiger partial charge in [-0.3, -0.25) is 14.9 Å². The fourth-order valence-corrected chi connectivity index (χ4v) is 1.29. The number of nitro benzene ring substituents is 1. The molecule has 1 rings (SSSR count). The Bertz CT molecular complexity index is 555. The van der Waals surface area contributed by atoms with Gasteiger partial charge < -0.3 is 10.5 Å². The number of hydrogen-bond acceptors (Lipinski definition) is 5. The first-order valence-corrected chi connectivity index (χ1v) is 5.06. The summed E-state index contributed by atoms with van der Waals surface area (Å²) in [7, 11) is 1.27. The molecule has 0 radical (unpaired) electrons. The molecule has 0 aliphatic carbocycles. The molecule has 1 aromatic carbocycles. The number of benzene rings is 1. The van der Waals surface area contributed by atoms with Gasteiger partial charge in [0.25, 0.3) is 5.69 Å². The van der Waals surface area contributed by atoms with Crippen LogP contribution in [0.25, 0.3) is 0 Å². The van der Waals surface area contributed by atoms with E-state index in [1.54, 1.807) is 13.0 Å². The Morgan fingerprint density at radius 2 is 2.22 bits per heavy atom. The summed E-state index contributed by atoms with van der Waals surface area (Å²) >= 11 is 0. The number of carbonyl (C=O) groups is 1. The van der Waals surface area contributed by atoms with E-state index in [0.717, 1.165) is 0 Å². The average molecular weight is 248 g/mol. The molecule has 94 valence electrons. The normalized spacial score (nSPS) is 9.22. The van der Waals surface area contributed by atoms with Crippen LogP contribution in [0.15, 0.2) is 12.1 Å². The van der Waals surface area contributed by atoms with E-state index in [1.807, 2.05) is 0 Å². The van der Waals surface area contributed by atoms with E-state index in [4.69, 9.17) is 5.73 Å². The lowest BCUT2D eigenvalue weighted by Crippen LogP contribution is -1.99. The highest BCUT2D eigenvalue weighted by molar-refractivity contribution is 5.72. The van der Waals surface area contributed by atoms with Crippen LogP contribution >= 0.6 is 0 Å². The maximum absolute atomic E-state index is 10.8. The summed E-state index contributed by atoms with van der Waals surface area (Å²) in [6.45, 7) is 1.66. The minimum Gasteiger partial charge on any atom is -0.468 e. The summed E-state index contributed by atoms with van der Waals surface area (Å²) in [5.41, 5.74) is 6.54. The molecule has 0 saturated carbocycles. The number of carbonyl (C=O) groups excluding carboxylic acids is 1. The van der Waals surface area contributed by atoms with Gasteiger partial charge in [-0.25, -0.2) is 0 Å². The number of nitro groups is 1. The van der Waals surface area contributed by atoms with Gasteiger partial charge in [-0.1, -0.05) is 11.8 Å². The number of rotatable bonds is 2. The fraction of sp³-hybridized carbons (Fsp3) is 0.250. The molecule has 2 N–H and O–H groups in total. The smallest absolute Gasteiger partial charge is 0.317 e. The second-order valence-corrected chi connectivity index (χ2v) is 3.54. The second-order valence-electron chi connectivity index (χ2n) is 3.54. The van der Waals surface area contributed by atoms with Crippen molar-refractivity contribution < 1.29 is 14.5 Å². The van der Waals surface area contributed by atoms with Gasteiger partial charge in [-0.05, 0) is 18.6 Å². The Morgan fingerprint density at radius 1 is 1.56 bits per heavy atom. The minimum atomic E-state index is -0.562. The predicted octanol–water partition coefficient (Wildman–Crippen LogP) is 1.40. The van der Waals surface area contributed by atoms with Crippen molar-refractivity contribution >= 4 is 17.3 Å². The van der Waals surface area contributed by atoms with E-state index < -0.39 is 10.9 Å². The summed E-state index contributed by atoms with van der Waals surface area (Å²) in [6.07, 6.45) is -0.0618. The van der Waals surface area contributed by atoms with Gasteiger partial charge >= 0.3 is 5.97 Å². The summed E-state index contributed by atoms with van der Waals surface area (Å²) in [4.78, 5) is 21.0.